The number of para-hydroxylation sites is 1. The van der Waals surface area contributed by atoms with E-state index in [4.69, 9.17) is 33.0 Å². The normalized spacial score (nSPS) is 16.7. The van der Waals surface area contributed by atoms with Gasteiger partial charge in [0.15, 0.2) is 0 Å². The average molecular weight is 560 g/mol. The molecular weight excluding hydrogens is 536 g/mol. The third kappa shape index (κ3) is 6.93. The molecular formula is C27H24Cl2FN3O5. The summed E-state index contributed by atoms with van der Waals surface area (Å²) in [5.74, 6) is -0.903. The molecule has 4 rings (SSSR count). The number of likely N-dealkylation sites (tertiary alicyclic amines) is 1. The number of ether oxygens (including phenoxy) is 1. The van der Waals surface area contributed by atoms with E-state index in [0.29, 0.717) is 27.7 Å². The number of aromatic carboxylic acids is 1. The fourth-order valence-electron chi connectivity index (χ4n) is 4.09. The lowest BCUT2D eigenvalue weighted by Crippen LogP contribution is -2.40. The molecule has 0 aliphatic carbocycles. The number of carboxylic acid groups (broad SMARTS) is 1. The lowest BCUT2D eigenvalue weighted by atomic mass is 10.1. The minimum absolute atomic E-state index is 0.0116. The molecule has 2 unspecified atom stereocenters. The number of benzene rings is 3. The van der Waals surface area contributed by atoms with Crippen molar-refractivity contribution in [2.45, 2.75) is 25.1 Å². The molecule has 1 aliphatic rings. The van der Waals surface area contributed by atoms with Gasteiger partial charge in [0.05, 0.1) is 46.0 Å². The zero-order chi connectivity index (χ0) is 27.2. The van der Waals surface area contributed by atoms with Crippen molar-refractivity contribution in [3.63, 3.8) is 0 Å². The summed E-state index contributed by atoms with van der Waals surface area (Å²) >= 11 is 12.4. The van der Waals surface area contributed by atoms with Gasteiger partial charge in [-0.05, 0) is 54.1 Å². The van der Waals surface area contributed by atoms with Crippen molar-refractivity contribution >= 4 is 52.5 Å². The molecule has 1 aliphatic heterocycles. The maximum absolute atomic E-state index is 14.2. The number of carbonyl (C=O) groups is 3. The van der Waals surface area contributed by atoms with Gasteiger partial charge in [0, 0.05) is 6.42 Å². The van der Waals surface area contributed by atoms with Crippen LogP contribution in [-0.4, -0.2) is 53.3 Å². The van der Waals surface area contributed by atoms with Gasteiger partial charge in [-0.15, -0.1) is 0 Å². The number of rotatable bonds is 8. The summed E-state index contributed by atoms with van der Waals surface area (Å²) in [6.07, 6.45) is -1.04. The number of urea groups is 1. The fraction of sp³-hybridized carbons (Fsp3) is 0.222. The maximum atomic E-state index is 14.2. The lowest BCUT2D eigenvalue weighted by molar-refractivity contribution is -0.132. The van der Waals surface area contributed by atoms with E-state index in [-0.39, 0.29) is 42.5 Å². The Balaban J connectivity index is 1.34. The first-order chi connectivity index (χ1) is 18.2. The molecule has 1 heterocycles. The zero-order valence-electron chi connectivity index (χ0n) is 20.0. The monoisotopic (exact) mass is 559 g/mol. The Bertz CT molecular complexity index is 1340. The van der Waals surface area contributed by atoms with E-state index in [1.807, 2.05) is 0 Å². The number of carbonyl (C=O) groups excluding carboxylic acids is 2. The van der Waals surface area contributed by atoms with E-state index in [9.17, 15) is 18.8 Å². The first-order valence-corrected chi connectivity index (χ1v) is 12.5. The van der Waals surface area contributed by atoms with Crippen molar-refractivity contribution in [1.82, 2.24) is 4.90 Å². The van der Waals surface area contributed by atoms with E-state index in [1.165, 1.54) is 29.2 Å². The van der Waals surface area contributed by atoms with Gasteiger partial charge >= 0.3 is 12.0 Å². The van der Waals surface area contributed by atoms with E-state index in [2.05, 4.69) is 10.6 Å². The lowest BCUT2D eigenvalue weighted by Gasteiger charge is -2.24. The minimum Gasteiger partial charge on any atom is -0.491 e. The van der Waals surface area contributed by atoms with E-state index in [0.717, 1.165) is 0 Å². The number of alkyl halides is 1. The van der Waals surface area contributed by atoms with Crippen molar-refractivity contribution in [2.75, 3.05) is 23.8 Å². The van der Waals surface area contributed by atoms with Gasteiger partial charge in [-0.3, -0.25) is 4.79 Å². The molecule has 3 amide bonds. The standard InChI is InChI=1S/C27H24Cl2FN3O5/c28-21-3-1-2-4-23(21)31-27(37)32-24-10-5-16(11-22(24)29)12-25(34)33-14-18(30)13-19(33)15-38-20-8-6-17(7-9-20)26(35)36/h1-11,18-19H,12-15H2,(H,35,36)(H2,31,32,37). The van der Waals surface area contributed by atoms with Gasteiger partial charge in [0.2, 0.25) is 5.91 Å². The van der Waals surface area contributed by atoms with E-state index in [1.54, 1.807) is 42.5 Å². The summed E-state index contributed by atoms with van der Waals surface area (Å²) in [6.45, 7) is 0.0309. The molecule has 3 aromatic rings. The SMILES string of the molecule is O=C(Nc1ccccc1Cl)Nc1ccc(CC(=O)N2CC(F)CC2COc2ccc(C(=O)O)cc2)cc1Cl. The summed E-state index contributed by atoms with van der Waals surface area (Å²) in [5, 5.41) is 14.9. The summed E-state index contributed by atoms with van der Waals surface area (Å²) in [6, 6.07) is 16.5. The Labute approximate surface area is 228 Å². The summed E-state index contributed by atoms with van der Waals surface area (Å²) in [5.41, 5.74) is 1.51. The Hall–Kier alpha value is -3.82. The van der Waals surface area contributed by atoms with Gasteiger partial charge < -0.3 is 25.4 Å². The van der Waals surface area contributed by atoms with Crippen LogP contribution in [0.15, 0.2) is 66.7 Å². The molecule has 0 aromatic heterocycles. The molecule has 1 fully saturated rings. The highest BCUT2D eigenvalue weighted by Gasteiger charge is 2.35. The van der Waals surface area contributed by atoms with Crippen LogP contribution in [0.2, 0.25) is 10.0 Å². The number of hydrogen-bond acceptors (Lipinski definition) is 4. The highest BCUT2D eigenvalue weighted by molar-refractivity contribution is 6.34. The number of nitrogens with zero attached hydrogens (tertiary/aromatic N) is 1. The summed E-state index contributed by atoms with van der Waals surface area (Å²) < 4.78 is 19.9. The highest BCUT2D eigenvalue weighted by Crippen LogP contribution is 2.27. The predicted molar refractivity (Wildman–Crippen MR) is 143 cm³/mol. The van der Waals surface area contributed by atoms with Crippen LogP contribution in [0.3, 0.4) is 0 Å². The van der Waals surface area contributed by atoms with E-state index >= 15 is 0 Å². The van der Waals surface area contributed by atoms with Crippen LogP contribution in [0.25, 0.3) is 0 Å². The first-order valence-electron chi connectivity index (χ1n) is 11.7. The molecule has 3 aromatic carbocycles. The van der Waals surface area contributed by atoms with Crippen molar-refractivity contribution in [3.05, 3.63) is 87.9 Å². The number of halogens is 3. The summed E-state index contributed by atoms with van der Waals surface area (Å²) in [7, 11) is 0. The van der Waals surface area contributed by atoms with Crippen molar-refractivity contribution in [3.8, 4) is 5.75 Å². The van der Waals surface area contributed by atoms with Gasteiger partial charge in [-0.2, -0.15) is 0 Å². The molecule has 1 saturated heterocycles. The van der Waals surface area contributed by atoms with Crippen LogP contribution in [0.4, 0.5) is 20.6 Å². The van der Waals surface area contributed by atoms with Crippen molar-refractivity contribution < 1.29 is 28.6 Å². The number of nitrogens with one attached hydrogen (secondary N) is 2. The predicted octanol–water partition coefficient (Wildman–Crippen LogP) is 5.90. The van der Waals surface area contributed by atoms with Gasteiger partial charge in [0.25, 0.3) is 0 Å². The second-order valence-corrected chi connectivity index (χ2v) is 9.54. The Morgan fingerprint density at radius 2 is 1.66 bits per heavy atom. The molecule has 198 valence electrons. The molecule has 11 heteroatoms. The van der Waals surface area contributed by atoms with Crippen LogP contribution in [0, 0.1) is 0 Å². The molecule has 2 atom stereocenters. The van der Waals surface area contributed by atoms with Gasteiger partial charge in [-0.1, -0.05) is 41.4 Å². The minimum atomic E-state index is -1.17. The molecule has 0 bridgehead atoms. The Morgan fingerprint density at radius 3 is 2.32 bits per heavy atom. The summed E-state index contributed by atoms with van der Waals surface area (Å²) in [4.78, 5) is 37.8. The average Bonchev–Trinajstić information content (AvgIpc) is 3.26. The first kappa shape index (κ1) is 27.2. The Kier molecular flexibility index (Phi) is 8.70. The molecule has 3 N–H and O–H groups in total. The fourth-order valence-corrected chi connectivity index (χ4v) is 4.53. The molecule has 8 nitrogen and oxygen atoms in total. The van der Waals surface area contributed by atoms with Crippen LogP contribution < -0.4 is 15.4 Å². The number of carboxylic acids is 1. The van der Waals surface area contributed by atoms with Gasteiger partial charge in [0.1, 0.15) is 18.5 Å². The zero-order valence-corrected chi connectivity index (χ0v) is 21.5. The molecule has 0 spiro atoms. The van der Waals surface area contributed by atoms with Gasteiger partial charge in [-0.25, -0.2) is 14.0 Å². The molecule has 0 saturated carbocycles. The van der Waals surface area contributed by atoms with Crippen molar-refractivity contribution in [1.29, 1.82) is 0 Å². The smallest absolute Gasteiger partial charge is 0.335 e. The third-order valence-corrected chi connectivity index (χ3v) is 6.63. The quantitative estimate of drug-likeness (QED) is 0.318. The number of amides is 3. The third-order valence-electron chi connectivity index (χ3n) is 5.99. The van der Waals surface area contributed by atoms with Crippen LogP contribution in [-0.2, 0) is 11.2 Å². The van der Waals surface area contributed by atoms with Crippen LogP contribution in [0.5, 0.6) is 5.75 Å². The largest absolute Gasteiger partial charge is 0.491 e. The topological polar surface area (TPSA) is 108 Å². The molecule has 38 heavy (non-hydrogen) atoms. The number of hydrogen-bond donors (Lipinski definition) is 3. The maximum Gasteiger partial charge on any atom is 0.335 e. The van der Waals surface area contributed by atoms with Crippen molar-refractivity contribution in [2.24, 2.45) is 0 Å². The second kappa shape index (κ2) is 12.1. The molecule has 0 radical (unpaired) electrons. The van der Waals surface area contributed by atoms with Crippen LogP contribution in [0.1, 0.15) is 22.3 Å². The van der Waals surface area contributed by atoms with Crippen LogP contribution >= 0.6 is 23.2 Å². The highest BCUT2D eigenvalue weighted by atomic mass is 35.5. The second-order valence-electron chi connectivity index (χ2n) is 8.72. The van der Waals surface area contributed by atoms with E-state index < -0.39 is 24.2 Å². The number of anilines is 2. The Morgan fingerprint density at radius 1 is 0.974 bits per heavy atom.